The Morgan fingerprint density at radius 2 is 2.00 bits per heavy atom. The van der Waals surface area contributed by atoms with Gasteiger partial charge in [-0.05, 0) is 30.5 Å². The van der Waals surface area contributed by atoms with E-state index in [9.17, 15) is 8.42 Å². The number of nitrogens with zero attached hydrogens (tertiary/aromatic N) is 3. The Morgan fingerprint density at radius 3 is 2.65 bits per heavy atom. The first-order valence-corrected chi connectivity index (χ1v) is 8.30. The van der Waals surface area contributed by atoms with Gasteiger partial charge in [-0.1, -0.05) is 6.42 Å². The van der Waals surface area contributed by atoms with Gasteiger partial charge in [-0.3, -0.25) is 0 Å². The fourth-order valence-corrected chi connectivity index (χ4v) is 3.46. The molecule has 1 aromatic rings. The Labute approximate surface area is 121 Å². The molecule has 1 aliphatic heterocycles. The molecule has 1 fully saturated rings. The average Bonchev–Trinajstić information content (AvgIpc) is 2.46. The lowest BCUT2D eigenvalue weighted by atomic mass is 10.2. The summed E-state index contributed by atoms with van der Waals surface area (Å²) < 4.78 is 28.5. The van der Waals surface area contributed by atoms with Crippen molar-refractivity contribution in [1.29, 1.82) is 0 Å². The zero-order valence-electron chi connectivity index (χ0n) is 12.0. The van der Waals surface area contributed by atoms with E-state index >= 15 is 0 Å². The van der Waals surface area contributed by atoms with Crippen molar-refractivity contribution in [1.82, 2.24) is 14.0 Å². The van der Waals surface area contributed by atoms with Crippen LogP contribution < -0.4 is 9.62 Å². The summed E-state index contributed by atoms with van der Waals surface area (Å²) in [7, 11) is 0.448. The number of hydrogen-bond acceptors (Lipinski definition) is 4. The number of piperidine rings is 1. The first-order chi connectivity index (χ1) is 9.49. The second kappa shape index (κ2) is 6.51. The highest BCUT2D eigenvalue weighted by atomic mass is 32.2. The number of aromatic nitrogens is 1. The third-order valence-corrected chi connectivity index (χ3v) is 4.94. The highest BCUT2D eigenvalue weighted by Crippen LogP contribution is 2.13. The van der Waals surface area contributed by atoms with Gasteiger partial charge < -0.3 is 4.90 Å². The molecule has 0 radical (unpaired) electrons. The highest BCUT2D eigenvalue weighted by Gasteiger charge is 2.23. The van der Waals surface area contributed by atoms with Crippen LogP contribution in [0.4, 0.5) is 5.82 Å². The molecule has 2 heterocycles. The molecule has 0 saturated carbocycles. The van der Waals surface area contributed by atoms with Gasteiger partial charge in [0.2, 0.25) is 0 Å². The summed E-state index contributed by atoms with van der Waals surface area (Å²) >= 11 is 0. The molecule has 2 rings (SSSR count). The van der Waals surface area contributed by atoms with E-state index in [1.54, 1.807) is 6.20 Å². The predicted molar refractivity (Wildman–Crippen MR) is 79.7 cm³/mol. The summed E-state index contributed by atoms with van der Waals surface area (Å²) in [5.74, 6) is 0.819. The smallest absolute Gasteiger partial charge is 0.279 e. The van der Waals surface area contributed by atoms with Crippen molar-refractivity contribution in [3.05, 3.63) is 23.9 Å². The van der Waals surface area contributed by atoms with Crippen LogP contribution in [0.15, 0.2) is 18.3 Å². The summed E-state index contributed by atoms with van der Waals surface area (Å²) in [6, 6.07) is 3.71. The Balaban J connectivity index is 1.98. The molecule has 1 aromatic heterocycles. The van der Waals surface area contributed by atoms with Gasteiger partial charge in [-0.15, -0.1) is 0 Å². The molecule has 0 amide bonds. The zero-order chi connectivity index (χ0) is 14.6. The van der Waals surface area contributed by atoms with Crippen LogP contribution in [0.25, 0.3) is 0 Å². The van der Waals surface area contributed by atoms with E-state index in [0.29, 0.717) is 19.6 Å². The molecule has 0 unspecified atom stereocenters. The first-order valence-electron chi connectivity index (χ1n) is 6.86. The van der Waals surface area contributed by atoms with Crippen LogP contribution in [0, 0.1) is 0 Å². The maximum atomic E-state index is 12.2. The quantitative estimate of drug-likeness (QED) is 0.879. The maximum Gasteiger partial charge on any atom is 0.279 e. The van der Waals surface area contributed by atoms with Crippen molar-refractivity contribution in [3.8, 4) is 0 Å². The van der Waals surface area contributed by atoms with Crippen molar-refractivity contribution in [2.45, 2.75) is 25.8 Å². The highest BCUT2D eigenvalue weighted by molar-refractivity contribution is 7.87. The fourth-order valence-electron chi connectivity index (χ4n) is 2.19. The molecule has 0 aromatic carbocycles. The van der Waals surface area contributed by atoms with E-state index in [0.717, 1.165) is 30.6 Å². The van der Waals surface area contributed by atoms with Gasteiger partial charge in [0.25, 0.3) is 10.2 Å². The molecule has 20 heavy (non-hydrogen) atoms. The summed E-state index contributed by atoms with van der Waals surface area (Å²) in [6.07, 6.45) is 4.70. The lowest BCUT2D eigenvalue weighted by Crippen LogP contribution is -2.43. The summed E-state index contributed by atoms with van der Waals surface area (Å²) in [4.78, 5) is 6.10. The third-order valence-electron chi connectivity index (χ3n) is 3.38. The molecule has 7 heteroatoms. The van der Waals surface area contributed by atoms with E-state index in [1.807, 2.05) is 31.1 Å². The largest absolute Gasteiger partial charge is 0.363 e. The lowest BCUT2D eigenvalue weighted by molar-refractivity contribution is 0.341. The number of hydrogen-bond donors (Lipinski definition) is 1. The molecule has 0 atom stereocenters. The normalized spacial score (nSPS) is 17.1. The van der Waals surface area contributed by atoms with Crippen molar-refractivity contribution in [2.24, 2.45) is 0 Å². The standard InChI is InChI=1S/C13H22N4O2S/c1-16(2)13-10-12(6-7-14-13)11-15-20(18,19)17-8-4-3-5-9-17/h6-7,10,15H,3-5,8-9,11H2,1-2H3. The molecule has 0 aliphatic carbocycles. The van der Waals surface area contributed by atoms with Crippen molar-refractivity contribution in [2.75, 3.05) is 32.1 Å². The molecule has 1 aliphatic rings. The second-order valence-corrected chi connectivity index (χ2v) is 6.96. The number of rotatable bonds is 5. The van der Waals surface area contributed by atoms with Crippen molar-refractivity contribution >= 4 is 16.0 Å². The van der Waals surface area contributed by atoms with Crippen LogP contribution in [0.1, 0.15) is 24.8 Å². The van der Waals surface area contributed by atoms with Crippen LogP contribution in [0.2, 0.25) is 0 Å². The van der Waals surface area contributed by atoms with E-state index in [4.69, 9.17) is 0 Å². The molecule has 0 bridgehead atoms. The molecular formula is C13H22N4O2S. The number of anilines is 1. The van der Waals surface area contributed by atoms with Gasteiger partial charge in [-0.2, -0.15) is 17.4 Å². The fraction of sp³-hybridized carbons (Fsp3) is 0.615. The minimum Gasteiger partial charge on any atom is -0.363 e. The van der Waals surface area contributed by atoms with E-state index in [1.165, 1.54) is 4.31 Å². The molecule has 1 saturated heterocycles. The van der Waals surface area contributed by atoms with Gasteiger partial charge in [0.05, 0.1) is 0 Å². The van der Waals surface area contributed by atoms with Crippen LogP contribution in [0.3, 0.4) is 0 Å². The minimum absolute atomic E-state index is 0.294. The summed E-state index contributed by atoms with van der Waals surface area (Å²) in [5, 5.41) is 0. The summed E-state index contributed by atoms with van der Waals surface area (Å²) in [5.41, 5.74) is 0.907. The van der Waals surface area contributed by atoms with Crippen LogP contribution in [-0.2, 0) is 16.8 Å². The van der Waals surface area contributed by atoms with Gasteiger partial charge >= 0.3 is 0 Å². The monoisotopic (exact) mass is 298 g/mol. The molecule has 1 N–H and O–H groups in total. The van der Waals surface area contributed by atoms with Gasteiger partial charge in [0.1, 0.15) is 5.82 Å². The predicted octanol–water partition coefficient (Wildman–Crippen LogP) is 0.968. The minimum atomic E-state index is -3.37. The van der Waals surface area contributed by atoms with Gasteiger partial charge in [0.15, 0.2) is 0 Å². The number of pyridine rings is 1. The van der Waals surface area contributed by atoms with E-state index in [2.05, 4.69) is 9.71 Å². The van der Waals surface area contributed by atoms with Crippen LogP contribution >= 0.6 is 0 Å². The molecule has 112 valence electrons. The molecule has 0 spiro atoms. The SMILES string of the molecule is CN(C)c1cc(CNS(=O)(=O)N2CCCCC2)ccn1. The molecular weight excluding hydrogens is 276 g/mol. The van der Waals surface area contributed by atoms with Gasteiger partial charge in [0, 0.05) is 39.9 Å². The second-order valence-electron chi connectivity index (χ2n) is 5.20. The van der Waals surface area contributed by atoms with Gasteiger partial charge in [-0.25, -0.2) is 4.98 Å². The van der Waals surface area contributed by atoms with Crippen LogP contribution in [0.5, 0.6) is 0 Å². The van der Waals surface area contributed by atoms with E-state index < -0.39 is 10.2 Å². The Bertz CT molecular complexity index is 539. The Hall–Kier alpha value is -1.18. The molecule has 6 nitrogen and oxygen atoms in total. The third kappa shape index (κ3) is 3.91. The van der Waals surface area contributed by atoms with Crippen molar-refractivity contribution < 1.29 is 8.42 Å². The Morgan fingerprint density at radius 1 is 1.30 bits per heavy atom. The summed E-state index contributed by atoms with van der Waals surface area (Å²) in [6.45, 7) is 1.53. The zero-order valence-corrected chi connectivity index (χ0v) is 12.9. The van der Waals surface area contributed by atoms with Crippen LogP contribution in [-0.4, -0.2) is 44.9 Å². The first kappa shape index (κ1) is 15.2. The lowest BCUT2D eigenvalue weighted by Gasteiger charge is -2.26. The van der Waals surface area contributed by atoms with E-state index in [-0.39, 0.29) is 0 Å². The van der Waals surface area contributed by atoms with Crippen molar-refractivity contribution in [3.63, 3.8) is 0 Å². The topological polar surface area (TPSA) is 65.5 Å². The average molecular weight is 298 g/mol. The Kier molecular flexibility index (Phi) is 4.95. The number of nitrogens with one attached hydrogen (secondary N) is 1. The maximum absolute atomic E-state index is 12.2.